The van der Waals surface area contributed by atoms with Gasteiger partial charge in [0.15, 0.2) is 0 Å². The van der Waals surface area contributed by atoms with Crippen LogP contribution in [0.3, 0.4) is 0 Å². The number of amides is 1. The molecule has 120 valence electrons. The van der Waals surface area contributed by atoms with E-state index in [0.717, 1.165) is 37.5 Å². The molecule has 23 heavy (non-hydrogen) atoms. The average Bonchev–Trinajstić information content (AvgIpc) is 3.28. The number of fused-ring (bicyclic) bond motifs is 2. The zero-order chi connectivity index (χ0) is 15.4. The van der Waals surface area contributed by atoms with E-state index in [4.69, 9.17) is 4.74 Å². The van der Waals surface area contributed by atoms with E-state index >= 15 is 0 Å². The highest BCUT2D eigenvalue weighted by molar-refractivity contribution is 7.20. The van der Waals surface area contributed by atoms with Crippen LogP contribution in [0.15, 0.2) is 29.0 Å². The molecule has 0 aliphatic carbocycles. The molecule has 1 spiro atoms. The van der Waals surface area contributed by atoms with Crippen molar-refractivity contribution in [3.05, 3.63) is 29.0 Å². The maximum Gasteiger partial charge on any atom is 0.415 e. The number of nitrogens with zero attached hydrogens (tertiary/aromatic N) is 2. The second-order valence-electron chi connectivity index (χ2n) is 6.72. The Morgan fingerprint density at radius 3 is 2.74 bits per heavy atom. The summed E-state index contributed by atoms with van der Waals surface area (Å²) in [5, 5.41) is 5.23. The van der Waals surface area contributed by atoms with Crippen molar-refractivity contribution in [2.24, 2.45) is 5.92 Å². The second-order valence-corrected chi connectivity index (χ2v) is 8.56. The smallest absolute Gasteiger partial charge is 0.415 e. The maximum atomic E-state index is 12.5. The molecular weight excluding hydrogens is 328 g/mol. The van der Waals surface area contributed by atoms with E-state index in [0.29, 0.717) is 12.5 Å². The lowest BCUT2D eigenvalue weighted by Crippen LogP contribution is -2.61. The average molecular weight is 346 g/mol. The van der Waals surface area contributed by atoms with Crippen LogP contribution in [-0.4, -0.2) is 42.8 Å². The molecule has 0 N–H and O–H groups in total. The number of rotatable bonds is 2. The molecule has 1 atom stereocenters. The number of piperidine rings is 3. The van der Waals surface area contributed by atoms with Crippen molar-refractivity contribution < 1.29 is 9.53 Å². The minimum atomic E-state index is -0.278. The molecular formula is C17H18N2O2S2. The van der Waals surface area contributed by atoms with Gasteiger partial charge >= 0.3 is 6.09 Å². The highest BCUT2D eigenvalue weighted by Gasteiger charge is 2.55. The Morgan fingerprint density at radius 2 is 2.04 bits per heavy atom. The Labute approximate surface area is 143 Å². The third kappa shape index (κ3) is 2.16. The summed E-state index contributed by atoms with van der Waals surface area (Å²) in [6, 6.07) is 6.29. The third-order valence-electron chi connectivity index (χ3n) is 5.42. The van der Waals surface area contributed by atoms with Crippen molar-refractivity contribution in [2.45, 2.75) is 18.4 Å². The predicted molar refractivity (Wildman–Crippen MR) is 93.4 cm³/mol. The van der Waals surface area contributed by atoms with Crippen molar-refractivity contribution in [3.63, 3.8) is 0 Å². The van der Waals surface area contributed by atoms with Crippen LogP contribution >= 0.6 is 22.7 Å². The van der Waals surface area contributed by atoms with E-state index < -0.39 is 0 Å². The van der Waals surface area contributed by atoms with Gasteiger partial charge in [-0.05, 0) is 54.9 Å². The molecule has 4 saturated heterocycles. The quantitative estimate of drug-likeness (QED) is 0.827. The van der Waals surface area contributed by atoms with Crippen LogP contribution in [0, 0.1) is 5.92 Å². The summed E-state index contributed by atoms with van der Waals surface area (Å²) in [4.78, 5) is 18.0. The van der Waals surface area contributed by atoms with Gasteiger partial charge in [-0.2, -0.15) is 11.3 Å². The lowest BCUT2D eigenvalue weighted by molar-refractivity contribution is -0.0881. The summed E-state index contributed by atoms with van der Waals surface area (Å²) in [5.74, 6) is 0.526. The standard InChI is InChI=1S/C17H18N2O2S2/c20-16-19(15-2-1-14(23-15)12-5-8-22-9-12)11-17(21-16)10-18-6-3-13(17)4-7-18/h1-2,5,8-9,13H,3-4,6-7,10-11H2/t17-/m1/s1. The topological polar surface area (TPSA) is 32.8 Å². The van der Waals surface area contributed by atoms with Crippen LogP contribution in [-0.2, 0) is 4.74 Å². The molecule has 2 bridgehead atoms. The Morgan fingerprint density at radius 1 is 1.17 bits per heavy atom. The summed E-state index contributed by atoms with van der Waals surface area (Å²) < 4.78 is 5.94. The van der Waals surface area contributed by atoms with Gasteiger partial charge in [-0.3, -0.25) is 9.80 Å². The molecule has 4 aliphatic heterocycles. The van der Waals surface area contributed by atoms with Gasteiger partial charge in [-0.15, -0.1) is 11.3 Å². The Hall–Kier alpha value is -1.37. The van der Waals surface area contributed by atoms with Crippen LogP contribution in [0.25, 0.3) is 10.4 Å². The minimum Gasteiger partial charge on any atom is -0.439 e. The van der Waals surface area contributed by atoms with Crippen molar-refractivity contribution in [1.29, 1.82) is 0 Å². The Balaban J connectivity index is 1.43. The van der Waals surface area contributed by atoms with E-state index in [9.17, 15) is 4.79 Å². The van der Waals surface area contributed by atoms with Crippen molar-refractivity contribution in [3.8, 4) is 10.4 Å². The van der Waals surface area contributed by atoms with Crippen LogP contribution in [0.2, 0.25) is 0 Å². The normalized spacial score (nSPS) is 32.7. The highest BCUT2D eigenvalue weighted by atomic mass is 32.1. The van der Waals surface area contributed by atoms with E-state index in [1.165, 1.54) is 10.4 Å². The van der Waals surface area contributed by atoms with E-state index in [-0.39, 0.29) is 11.7 Å². The Bertz CT molecular complexity index is 734. The van der Waals surface area contributed by atoms with Gasteiger partial charge in [0.1, 0.15) is 10.6 Å². The monoisotopic (exact) mass is 346 g/mol. The predicted octanol–water partition coefficient (Wildman–Crippen LogP) is 3.90. The SMILES string of the molecule is O=C1O[C@]2(CN3CCC2CC3)CN1c1ccc(-c2ccsc2)s1. The van der Waals surface area contributed by atoms with Crippen LogP contribution in [0.1, 0.15) is 12.8 Å². The second kappa shape index (κ2) is 5.06. The fourth-order valence-electron chi connectivity index (χ4n) is 4.21. The highest BCUT2D eigenvalue weighted by Crippen LogP contribution is 2.45. The first kappa shape index (κ1) is 14.0. The molecule has 0 unspecified atom stereocenters. The van der Waals surface area contributed by atoms with E-state index in [2.05, 4.69) is 33.9 Å². The molecule has 4 nitrogen and oxygen atoms in total. The lowest BCUT2D eigenvalue weighted by atomic mass is 9.75. The maximum absolute atomic E-state index is 12.5. The van der Waals surface area contributed by atoms with Crippen molar-refractivity contribution in [2.75, 3.05) is 31.1 Å². The molecule has 2 aromatic heterocycles. The molecule has 6 heterocycles. The zero-order valence-corrected chi connectivity index (χ0v) is 14.4. The first-order chi connectivity index (χ1) is 11.2. The van der Waals surface area contributed by atoms with Gasteiger partial charge in [0.2, 0.25) is 0 Å². The van der Waals surface area contributed by atoms with Crippen molar-refractivity contribution in [1.82, 2.24) is 4.90 Å². The molecule has 6 heteroatoms. The van der Waals surface area contributed by atoms with Crippen LogP contribution < -0.4 is 4.90 Å². The first-order valence-corrected chi connectivity index (χ1v) is 9.85. The summed E-state index contributed by atoms with van der Waals surface area (Å²) in [7, 11) is 0. The molecule has 6 rings (SSSR count). The van der Waals surface area contributed by atoms with Gasteiger partial charge in [-0.25, -0.2) is 4.79 Å². The summed E-state index contributed by atoms with van der Waals surface area (Å²) in [6.07, 6.45) is 2.15. The number of hydrogen-bond donors (Lipinski definition) is 0. The molecule has 0 aromatic carbocycles. The van der Waals surface area contributed by atoms with Gasteiger partial charge < -0.3 is 4.74 Å². The molecule has 0 saturated carbocycles. The molecule has 0 radical (unpaired) electrons. The van der Waals surface area contributed by atoms with Gasteiger partial charge in [0.05, 0.1) is 6.54 Å². The summed E-state index contributed by atoms with van der Waals surface area (Å²) in [5.41, 5.74) is 0.955. The Kier molecular flexibility index (Phi) is 3.08. The largest absolute Gasteiger partial charge is 0.439 e. The number of carbonyl (C=O) groups is 1. The van der Waals surface area contributed by atoms with Crippen LogP contribution in [0.4, 0.5) is 9.80 Å². The fraction of sp³-hybridized carbons (Fsp3) is 0.471. The number of ether oxygens (including phenoxy) is 1. The molecule has 2 aromatic rings. The zero-order valence-electron chi connectivity index (χ0n) is 12.7. The number of anilines is 1. The van der Waals surface area contributed by atoms with Gasteiger partial charge in [0.25, 0.3) is 0 Å². The van der Waals surface area contributed by atoms with E-state index in [1.807, 2.05) is 4.90 Å². The van der Waals surface area contributed by atoms with Gasteiger partial charge in [0, 0.05) is 22.9 Å². The number of carbonyl (C=O) groups excluding carboxylic acids is 1. The number of thiophene rings is 2. The van der Waals surface area contributed by atoms with E-state index in [1.54, 1.807) is 22.7 Å². The number of hydrogen-bond acceptors (Lipinski definition) is 5. The van der Waals surface area contributed by atoms with Crippen LogP contribution in [0.5, 0.6) is 0 Å². The summed E-state index contributed by atoms with van der Waals surface area (Å²) >= 11 is 3.38. The molecule has 4 fully saturated rings. The fourth-order valence-corrected chi connectivity index (χ4v) is 5.94. The third-order valence-corrected chi connectivity index (χ3v) is 7.26. The molecule has 4 aliphatic rings. The minimum absolute atomic E-state index is 0.169. The lowest BCUT2D eigenvalue weighted by Gasteiger charge is -2.49. The summed E-state index contributed by atoms with van der Waals surface area (Å²) in [6.45, 7) is 3.93. The molecule has 1 amide bonds. The van der Waals surface area contributed by atoms with Crippen molar-refractivity contribution >= 4 is 33.8 Å². The van der Waals surface area contributed by atoms with Gasteiger partial charge in [-0.1, -0.05) is 0 Å². The first-order valence-electron chi connectivity index (χ1n) is 8.09.